The lowest BCUT2D eigenvalue weighted by Crippen LogP contribution is -2.40. The number of furan rings is 1. The van der Waals surface area contributed by atoms with Crippen molar-refractivity contribution in [2.45, 2.75) is 24.9 Å². The monoisotopic (exact) mass is 321 g/mol. The number of thioether (sulfide) groups is 1. The fourth-order valence-corrected chi connectivity index (χ4v) is 3.34. The zero-order chi connectivity index (χ0) is 15.5. The summed E-state index contributed by atoms with van der Waals surface area (Å²) in [7, 11) is 0. The second kappa shape index (κ2) is 6.43. The van der Waals surface area contributed by atoms with Crippen molar-refractivity contribution < 1.29 is 9.21 Å². The van der Waals surface area contributed by atoms with Crippen molar-refractivity contribution in [3.8, 4) is 11.6 Å². The van der Waals surface area contributed by atoms with Crippen molar-refractivity contribution >= 4 is 17.7 Å². The van der Waals surface area contributed by atoms with Gasteiger partial charge in [-0.15, -0.1) is 10.2 Å². The summed E-state index contributed by atoms with van der Waals surface area (Å²) in [4.78, 5) is 14.2. The van der Waals surface area contributed by atoms with Gasteiger partial charge >= 0.3 is 0 Å². The van der Waals surface area contributed by atoms with Gasteiger partial charge in [0.25, 0.3) is 0 Å². The standard InChI is InChI=1S/C14H19N5O2S/c1-10-4-2-6-18(8-10)12(20)9-22-14-17-16-13(19(14)15)11-5-3-7-21-11/h3,5,7,10H,2,4,6,8-9,15H2,1H3. The van der Waals surface area contributed by atoms with Crippen LogP contribution in [0.3, 0.4) is 0 Å². The smallest absolute Gasteiger partial charge is 0.233 e. The largest absolute Gasteiger partial charge is 0.461 e. The molecular weight excluding hydrogens is 302 g/mol. The third-order valence-electron chi connectivity index (χ3n) is 3.74. The fourth-order valence-electron chi connectivity index (χ4n) is 2.58. The summed E-state index contributed by atoms with van der Waals surface area (Å²) >= 11 is 1.30. The van der Waals surface area contributed by atoms with Gasteiger partial charge in [0.05, 0.1) is 12.0 Å². The quantitative estimate of drug-likeness (QED) is 0.679. The van der Waals surface area contributed by atoms with Gasteiger partial charge in [0.15, 0.2) is 5.76 Å². The number of aromatic nitrogens is 3. The van der Waals surface area contributed by atoms with E-state index in [0.717, 1.165) is 19.5 Å². The number of carbonyl (C=O) groups is 1. The molecule has 7 nitrogen and oxygen atoms in total. The molecule has 22 heavy (non-hydrogen) atoms. The van der Waals surface area contributed by atoms with Gasteiger partial charge in [-0.25, -0.2) is 4.68 Å². The molecule has 0 aliphatic carbocycles. The minimum absolute atomic E-state index is 0.124. The predicted octanol–water partition coefficient (Wildman–Crippen LogP) is 1.60. The first-order valence-corrected chi connectivity index (χ1v) is 8.28. The van der Waals surface area contributed by atoms with Crippen molar-refractivity contribution in [1.82, 2.24) is 19.8 Å². The van der Waals surface area contributed by atoms with Crippen LogP contribution in [0.4, 0.5) is 0 Å². The Hall–Kier alpha value is -1.96. The Balaban J connectivity index is 1.61. The Labute approximate surface area is 132 Å². The normalized spacial score (nSPS) is 18.6. The van der Waals surface area contributed by atoms with Gasteiger partial charge in [0.2, 0.25) is 16.9 Å². The third kappa shape index (κ3) is 3.11. The summed E-state index contributed by atoms with van der Waals surface area (Å²) in [6.07, 6.45) is 3.83. The second-order valence-electron chi connectivity index (χ2n) is 5.53. The molecule has 2 N–H and O–H groups in total. The van der Waals surface area contributed by atoms with Crippen LogP contribution in [0, 0.1) is 5.92 Å². The number of amides is 1. The number of piperidine rings is 1. The van der Waals surface area contributed by atoms with E-state index in [4.69, 9.17) is 10.3 Å². The molecule has 3 heterocycles. The van der Waals surface area contributed by atoms with Crippen LogP contribution in [0.15, 0.2) is 28.0 Å². The molecule has 1 amide bonds. The van der Waals surface area contributed by atoms with Gasteiger partial charge < -0.3 is 15.2 Å². The average Bonchev–Trinajstić information content (AvgIpc) is 3.14. The molecule has 118 valence electrons. The summed E-state index contributed by atoms with van der Waals surface area (Å²) in [5.41, 5.74) is 0. The van der Waals surface area contributed by atoms with Crippen LogP contribution in [0.5, 0.6) is 0 Å². The van der Waals surface area contributed by atoms with E-state index >= 15 is 0 Å². The molecule has 8 heteroatoms. The maximum absolute atomic E-state index is 12.3. The molecular formula is C14H19N5O2S. The highest BCUT2D eigenvalue weighted by molar-refractivity contribution is 7.99. The molecule has 0 bridgehead atoms. The summed E-state index contributed by atoms with van der Waals surface area (Å²) in [5, 5.41) is 8.54. The first kappa shape index (κ1) is 15.0. The lowest BCUT2D eigenvalue weighted by molar-refractivity contribution is -0.130. The number of hydrogen-bond acceptors (Lipinski definition) is 6. The zero-order valence-corrected chi connectivity index (χ0v) is 13.3. The zero-order valence-electron chi connectivity index (χ0n) is 12.4. The number of rotatable bonds is 4. The molecule has 3 rings (SSSR count). The van der Waals surface area contributed by atoms with Crippen LogP contribution in [0.2, 0.25) is 0 Å². The summed E-state index contributed by atoms with van der Waals surface area (Å²) < 4.78 is 6.62. The van der Waals surface area contributed by atoms with E-state index in [-0.39, 0.29) is 5.91 Å². The van der Waals surface area contributed by atoms with E-state index < -0.39 is 0 Å². The number of nitrogens with zero attached hydrogens (tertiary/aromatic N) is 4. The number of nitrogens with two attached hydrogens (primary N) is 1. The number of likely N-dealkylation sites (tertiary alicyclic amines) is 1. The molecule has 2 aromatic heterocycles. The summed E-state index contributed by atoms with van der Waals surface area (Å²) in [6, 6.07) is 3.53. The Morgan fingerprint density at radius 1 is 1.55 bits per heavy atom. The van der Waals surface area contributed by atoms with Gasteiger partial charge in [-0.05, 0) is 30.9 Å². The van der Waals surface area contributed by atoms with Crippen molar-refractivity contribution in [3.63, 3.8) is 0 Å². The van der Waals surface area contributed by atoms with Crippen molar-refractivity contribution in [1.29, 1.82) is 0 Å². The first-order valence-electron chi connectivity index (χ1n) is 7.30. The highest BCUT2D eigenvalue weighted by Crippen LogP contribution is 2.23. The lowest BCUT2D eigenvalue weighted by Gasteiger charge is -2.30. The lowest BCUT2D eigenvalue weighted by atomic mass is 10.0. The molecule has 0 spiro atoms. The Morgan fingerprint density at radius 3 is 3.14 bits per heavy atom. The molecule has 0 aromatic carbocycles. The topological polar surface area (TPSA) is 90.2 Å². The summed E-state index contributed by atoms with van der Waals surface area (Å²) in [5.74, 6) is 7.99. The van der Waals surface area contributed by atoms with E-state index in [9.17, 15) is 4.79 Å². The fraction of sp³-hybridized carbons (Fsp3) is 0.500. The Morgan fingerprint density at radius 2 is 2.41 bits per heavy atom. The first-order chi connectivity index (χ1) is 10.6. The maximum Gasteiger partial charge on any atom is 0.233 e. The molecule has 1 aliphatic heterocycles. The summed E-state index contributed by atoms with van der Waals surface area (Å²) in [6.45, 7) is 3.86. The average molecular weight is 321 g/mol. The molecule has 1 fully saturated rings. The number of hydrogen-bond donors (Lipinski definition) is 1. The van der Waals surface area contributed by atoms with Crippen LogP contribution >= 0.6 is 11.8 Å². The van der Waals surface area contributed by atoms with Crippen molar-refractivity contribution in [2.24, 2.45) is 5.92 Å². The Kier molecular flexibility index (Phi) is 4.37. The SMILES string of the molecule is CC1CCCN(C(=O)CSc2nnc(-c3ccco3)n2N)C1. The van der Waals surface area contributed by atoms with Gasteiger partial charge in [-0.1, -0.05) is 18.7 Å². The minimum atomic E-state index is 0.124. The van der Waals surface area contributed by atoms with E-state index in [0.29, 0.717) is 28.4 Å². The molecule has 0 radical (unpaired) electrons. The highest BCUT2D eigenvalue weighted by Gasteiger charge is 2.22. The van der Waals surface area contributed by atoms with Gasteiger partial charge in [0.1, 0.15) is 0 Å². The predicted molar refractivity (Wildman–Crippen MR) is 83.6 cm³/mol. The van der Waals surface area contributed by atoms with Crippen LogP contribution < -0.4 is 5.84 Å². The molecule has 1 saturated heterocycles. The Bertz CT molecular complexity index is 640. The number of carbonyl (C=O) groups excluding carboxylic acids is 1. The van der Waals surface area contributed by atoms with Crippen LogP contribution in [-0.4, -0.2) is 44.5 Å². The van der Waals surface area contributed by atoms with Gasteiger partial charge in [-0.2, -0.15) is 0 Å². The van der Waals surface area contributed by atoms with Gasteiger partial charge in [0, 0.05) is 13.1 Å². The van der Waals surface area contributed by atoms with Gasteiger partial charge in [-0.3, -0.25) is 4.79 Å². The van der Waals surface area contributed by atoms with E-state index in [1.54, 1.807) is 18.4 Å². The molecule has 1 unspecified atom stereocenters. The van der Waals surface area contributed by atoms with E-state index in [1.165, 1.54) is 22.9 Å². The second-order valence-corrected chi connectivity index (χ2v) is 6.47. The minimum Gasteiger partial charge on any atom is -0.461 e. The molecule has 0 saturated carbocycles. The van der Waals surface area contributed by atoms with E-state index in [1.807, 2.05) is 4.90 Å². The molecule has 1 atom stereocenters. The van der Waals surface area contributed by atoms with Crippen LogP contribution in [0.1, 0.15) is 19.8 Å². The number of nitrogen functional groups attached to an aromatic ring is 1. The van der Waals surface area contributed by atoms with Crippen LogP contribution in [0.25, 0.3) is 11.6 Å². The molecule has 2 aromatic rings. The van der Waals surface area contributed by atoms with Crippen LogP contribution in [-0.2, 0) is 4.79 Å². The van der Waals surface area contributed by atoms with Crippen molar-refractivity contribution in [3.05, 3.63) is 18.4 Å². The highest BCUT2D eigenvalue weighted by atomic mass is 32.2. The van der Waals surface area contributed by atoms with E-state index in [2.05, 4.69) is 17.1 Å². The molecule has 1 aliphatic rings. The maximum atomic E-state index is 12.3. The third-order valence-corrected chi connectivity index (χ3v) is 4.67. The van der Waals surface area contributed by atoms with Crippen molar-refractivity contribution in [2.75, 3.05) is 24.7 Å².